The monoisotopic (exact) mass is 186 g/mol. The predicted molar refractivity (Wildman–Crippen MR) is 45.1 cm³/mol. The molecule has 10 heavy (non-hydrogen) atoms. The Labute approximate surface area is 73.2 Å². The van der Waals surface area contributed by atoms with Gasteiger partial charge in [-0.25, -0.2) is 0 Å². The van der Waals surface area contributed by atoms with Crippen molar-refractivity contribution in [1.82, 2.24) is 0 Å². The Bertz CT molecular complexity index is 112. The van der Waals surface area contributed by atoms with Gasteiger partial charge in [-0.1, -0.05) is 6.92 Å². The van der Waals surface area contributed by atoms with Crippen molar-refractivity contribution in [2.24, 2.45) is 0 Å². The summed E-state index contributed by atoms with van der Waals surface area (Å²) >= 11 is 0. The number of ketones is 2. The van der Waals surface area contributed by atoms with E-state index in [1.807, 2.05) is 0 Å². The minimum atomic E-state index is -0.0446. The Kier molecular flexibility index (Phi) is 14.7. The number of carbonyl (C=O) groups excluding carboxylic acids is 2. The molecule has 0 aliphatic carbocycles. The number of hydrogen-bond acceptors (Lipinski definition) is 2. The zero-order valence-electron chi connectivity index (χ0n) is 6.05. The van der Waals surface area contributed by atoms with Gasteiger partial charge in [0, 0.05) is 6.42 Å². The molecule has 0 saturated heterocycles. The lowest BCUT2D eigenvalue weighted by Crippen LogP contribution is -2.01. The fourth-order valence-corrected chi connectivity index (χ4v) is 0.403. The minimum absolute atomic E-state index is 0. The molecule has 0 N–H and O–H groups in total. The topological polar surface area (TPSA) is 34.1 Å². The first-order valence-electron chi connectivity index (χ1n) is 2.68. The smallest absolute Gasteiger partial charge is 0.139 e. The van der Waals surface area contributed by atoms with Gasteiger partial charge in [0.15, 0.2) is 0 Å². The fraction of sp³-hybridized carbons (Fsp3) is 0.667. The van der Waals surface area contributed by atoms with Gasteiger partial charge in [0.2, 0.25) is 0 Å². The summed E-state index contributed by atoms with van der Waals surface area (Å²) in [4.78, 5) is 20.6. The third-order valence-electron chi connectivity index (χ3n) is 0.840. The summed E-state index contributed by atoms with van der Waals surface area (Å²) in [5, 5.41) is 0. The molecule has 0 aromatic rings. The van der Waals surface area contributed by atoms with Crippen LogP contribution in [0.3, 0.4) is 0 Å². The van der Waals surface area contributed by atoms with Crippen molar-refractivity contribution in [2.75, 3.05) is 0 Å². The third kappa shape index (κ3) is 10.8. The standard InChI is InChI=1S/C6H10O2.2ClH/c1-3-6(8)4-5(2)7;;/h3-4H2,1-2H3;2*1H. The van der Waals surface area contributed by atoms with E-state index in [1.54, 1.807) is 6.92 Å². The lowest BCUT2D eigenvalue weighted by Gasteiger charge is -1.87. The molecule has 0 unspecified atom stereocenters. The molecule has 0 spiro atoms. The molecule has 0 heterocycles. The second kappa shape index (κ2) is 8.92. The highest BCUT2D eigenvalue weighted by Gasteiger charge is 1.99. The van der Waals surface area contributed by atoms with E-state index in [1.165, 1.54) is 6.92 Å². The Morgan fingerprint density at radius 3 is 1.70 bits per heavy atom. The highest BCUT2D eigenvalue weighted by atomic mass is 35.5. The molecule has 0 bridgehead atoms. The van der Waals surface area contributed by atoms with Gasteiger partial charge in [0.1, 0.15) is 11.6 Å². The van der Waals surface area contributed by atoms with Crippen molar-refractivity contribution in [2.45, 2.75) is 26.7 Å². The van der Waals surface area contributed by atoms with Crippen LogP contribution in [0, 0.1) is 0 Å². The van der Waals surface area contributed by atoms with Gasteiger partial charge in [0.05, 0.1) is 6.42 Å². The lowest BCUT2D eigenvalue weighted by atomic mass is 10.2. The summed E-state index contributed by atoms with van der Waals surface area (Å²) in [5.41, 5.74) is 0. The number of halogens is 2. The number of Topliss-reactive ketones (excluding diaryl/α,β-unsaturated/α-hetero) is 2. The zero-order chi connectivity index (χ0) is 6.57. The lowest BCUT2D eigenvalue weighted by molar-refractivity contribution is -0.125. The molecule has 0 radical (unpaired) electrons. The minimum Gasteiger partial charge on any atom is -0.300 e. The molecule has 0 atom stereocenters. The SMILES string of the molecule is CCC(=O)CC(C)=O.Cl.Cl. The summed E-state index contributed by atoms with van der Waals surface area (Å²) in [6, 6.07) is 0. The van der Waals surface area contributed by atoms with Gasteiger partial charge >= 0.3 is 0 Å². The molecule has 4 heteroatoms. The van der Waals surface area contributed by atoms with E-state index in [2.05, 4.69) is 0 Å². The molecule has 0 rings (SSSR count). The van der Waals surface area contributed by atoms with Crippen LogP contribution in [0.4, 0.5) is 0 Å². The molecule has 0 aliphatic rings. The maximum absolute atomic E-state index is 10.4. The maximum atomic E-state index is 10.4. The number of hydrogen-bond donors (Lipinski definition) is 0. The van der Waals surface area contributed by atoms with E-state index < -0.39 is 0 Å². The normalized spacial score (nSPS) is 7.00. The number of carbonyl (C=O) groups is 2. The first-order valence-corrected chi connectivity index (χ1v) is 2.68. The average Bonchev–Trinajstić information content (AvgIpc) is 1.65. The second-order valence-electron chi connectivity index (χ2n) is 1.77. The van der Waals surface area contributed by atoms with E-state index in [0.717, 1.165) is 0 Å². The third-order valence-corrected chi connectivity index (χ3v) is 0.840. The Balaban J connectivity index is -0.000000245. The van der Waals surface area contributed by atoms with Crippen LogP contribution in [-0.2, 0) is 9.59 Å². The van der Waals surface area contributed by atoms with Gasteiger partial charge in [-0.2, -0.15) is 0 Å². The highest BCUT2D eigenvalue weighted by molar-refractivity contribution is 5.97. The van der Waals surface area contributed by atoms with Gasteiger partial charge in [-0.3, -0.25) is 9.59 Å². The Morgan fingerprint density at radius 1 is 1.20 bits per heavy atom. The van der Waals surface area contributed by atoms with E-state index in [9.17, 15) is 9.59 Å². The molecule has 0 saturated carbocycles. The van der Waals surface area contributed by atoms with Gasteiger partial charge in [-0.15, -0.1) is 24.8 Å². The molecule has 0 aromatic carbocycles. The predicted octanol–water partition coefficient (Wildman–Crippen LogP) is 1.79. The van der Waals surface area contributed by atoms with E-state index in [-0.39, 0.29) is 42.8 Å². The summed E-state index contributed by atoms with van der Waals surface area (Å²) < 4.78 is 0. The molecule has 0 aliphatic heterocycles. The van der Waals surface area contributed by atoms with E-state index in [4.69, 9.17) is 0 Å². The average molecular weight is 187 g/mol. The molecular weight excluding hydrogens is 175 g/mol. The summed E-state index contributed by atoms with van der Waals surface area (Å²) in [7, 11) is 0. The van der Waals surface area contributed by atoms with Crippen LogP contribution in [0.15, 0.2) is 0 Å². The quantitative estimate of drug-likeness (QED) is 0.631. The fourth-order valence-electron chi connectivity index (χ4n) is 0.403. The first-order chi connectivity index (χ1) is 3.66. The van der Waals surface area contributed by atoms with Crippen LogP contribution in [0.25, 0.3) is 0 Å². The zero-order valence-corrected chi connectivity index (χ0v) is 7.68. The second-order valence-corrected chi connectivity index (χ2v) is 1.77. The van der Waals surface area contributed by atoms with Crippen LogP contribution < -0.4 is 0 Å². The number of rotatable bonds is 3. The molecule has 0 aromatic heterocycles. The van der Waals surface area contributed by atoms with Gasteiger partial charge in [-0.05, 0) is 6.92 Å². The van der Waals surface area contributed by atoms with Crippen molar-refractivity contribution in [3.8, 4) is 0 Å². The van der Waals surface area contributed by atoms with Crippen molar-refractivity contribution in [1.29, 1.82) is 0 Å². The summed E-state index contributed by atoms with van der Waals surface area (Å²) in [6.07, 6.45) is 0.579. The molecule has 0 fully saturated rings. The van der Waals surface area contributed by atoms with Crippen LogP contribution in [-0.4, -0.2) is 11.6 Å². The maximum Gasteiger partial charge on any atom is 0.139 e. The van der Waals surface area contributed by atoms with Crippen LogP contribution >= 0.6 is 24.8 Å². The van der Waals surface area contributed by atoms with Crippen LogP contribution in [0.1, 0.15) is 26.7 Å². The first kappa shape index (κ1) is 16.5. The van der Waals surface area contributed by atoms with Crippen molar-refractivity contribution in [3.63, 3.8) is 0 Å². The highest BCUT2D eigenvalue weighted by Crippen LogP contribution is 1.87. The van der Waals surface area contributed by atoms with Crippen molar-refractivity contribution in [3.05, 3.63) is 0 Å². The molecule has 0 amide bonds. The van der Waals surface area contributed by atoms with E-state index in [0.29, 0.717) is 6.42 Å². The van der Waals surface area contributed by atoms with Crippen molar-refractivity contribution >= 4 is 36.4 Å². The van der Waals surface area contributed by atoms with Crippen LogP contribution in [0.5, 0.6) is 0 Å². The molecule has 62 valence electrons. The van der Waals surface area contributed by atoms with Crippen molar-refractivity contribution < 1.29 is 9.59 Å². The van der Waals surface area contributed by atoms with Gasteiger partial charge in [0.25, 0.3) is 0 Å². The largest absolute Gasteiger partial charge is 0.300 e. The molecular formula is C6H12Cl2O2. The van der Waals surface area contributed by atoms with E-state index >= 15 is 0 Å². The Morgan fingerprint density at radius 2 is 1.60 bits per heavy atom. The Hall–Kier alpha value is -0.0800. The van der Waals surface area contributed by atoms with Gasteiger partial charge < -0.3 is 0 Å². The summed E-state index contributed by atoms with van der Waals surface area (Å²) in [5.74, 6) is -0.0191. The summed E-state index contributed by atoms with van der Waals surface area (Å²) in [6.45, 7) is 3.18. The van der Waals surface area contributed by atoms with Crippen LogP contribution in [0.2, 0.25) is 0 Å². The molecule has 2 nitrogen and oxygen atoms in total.